The number of hydrogen-bond donors (Lipinski definition) is 1. The van der Waals surface area contributed by atoms with Crippen molar-refractivity contribution in [2.45, 2.75) is 40.5 Å². The van der Waals surface area contributed by atoms with Gasteiger partial charge >= 0.3 is 0 Å². The average molecular weight is 344 g/mol. The Balaban J connectivity index is 2.62. The molecule has 0 aliphatic rings. The van der Waals surface area contributed by atoms with Gasteiger partial charge in [0, 0.05) is 4.47 Å². The lowest BCUT2D eigenvalue weighted by Gasteiger charge is -2.20. The third-order valence-electron chi connectivity index (χ3n) is 3.24. The fourth-order valence-corrected chi connectivity index (χ4v) is 3.06. The van der Waals surface area contributed by atoms with Crippen molar-refractivity contribution < 1.29 is 4.39 Å². The molecular formula is C17H27BrFN. The Morgan fingerprint density at radius 3 is 2.30 bits per heavy atom. The first kappa shape index (κ1) is 17.6. The Kier molecular flexibility index (Phi) is 7.75. The number of halogens is 2. The summed E-state index contributed by atoms with van der Waals surface area (Å²) in [6.07, 6.45) is 2.10. The lowest BCUT2D eigenvalue weighted by Crippen LogP contribution is -2.28. The Hall–Kier alpha value is -0.410. The molecule has 0 spiro atoms. The highest BCUT2D eigenvalue weighted by Gasteiger charge is 2.13. The van der Waals surface area contributed by atoms with Crippen molar-refractivity contribution in [2.24, 2.45) is 17.8 Å². The van der Waals surface area contributed by atoms with Gasteiger partial charge in [0.05, 0.1) is 0 Å². The Morgan fingerprint density at radius 1 is 1.05 bits per heavy atom. The quantitative estimate of drug-likeness (QED) is 0.697. The van der Waals surface area contributed by atoms with Crippen LogP contribution in [0.5, 0.6) is 0 Å². The molecule has 1 atom stereocenters. The average Bonchev–Trinajstić information content (AvgIpc) is 2.25. The lowest BCUT2D eigenvalue weighted by molar-refractivity contribution is 0.376. The molecule has 0 heterocycles. The van der Waals surface area contributed by atoms with E-state index in [-0.39, 0.29) is 5.82 Å². The van der Waals surface area contributed by atoms with Crippen LogP contribution in [-0.2, 0) is 6.42 Å². The van der Waals surface area contributed by atoms with E-state index in [1.54, 1.807) is 6.07 Å². The normalized spacial score (nSPS) is 13.2. The molecule has 1 aromatic carbocycles. The molecule has 0 aromatic heterocycles. The molecule has 20 heavy (non-hydrogen) atoms. The van der Waals surface area contributed by atoms with Gasteiger partial charge in [0.1, 0.15) is 5.82 Å². The molecule has 0 fully saturated rings. The Labute approximate surface area is 131 Å². The molecule has 0 aliphatic heterocycles. The van der Waals surface area contributed by atoms with Crippen LogP contribution in [0.2, 0.25) is 0 Å². The van der Waals surface area contributed by atoms with Crippen LogP contribution in [0, 0.1) is 23.6 Å². The zero-order chi connectivity index (χ0) is 15.1. The highest BCUT2D eigenvalue weighted by molar-refractivity contribution is 9.10. The molecule has 0 aliphatic carbocycles. The largest absolute Gasteiger partial charge is 0.316 e. The lowest BCUT2D eigenvalue weighted by atomic mass is 9.90. The van der Waals surface area contributed by atoms with Crippen LogP contribution < -0.4 is 5.32 Å². The molecule has 0 bridgehead atoms. The van der Waals surface area contributed by atoms with Crippen molar-refractivity contribution in [3.63, 3.8) is 0 Å². The first-order chi connectivity index (χ1) is 9.36. The van der Waals surface area contributed by atoms with Gasteiger partial charge in [-0.2, -0.15) is 0 Å². The summed E-state index contributed by atoms with van der Waals surface area (Å²) in [5, 5.41) is 3.53. The maximum Gasteiger partial charge on any atom is 0.124 e. The van der Waals surface area contributed by atoms with Gasteiger partial charge in [-0.3, -0.25) is 0 Å². The van der Waals surface area contributed by atoms with Crippen LogP contribution in [0.25, 0.3) is 0 Å². The van der Waals surface area contributed by atoms with E-state index < -0.39 is 0 Å². The van der Waals surface area contributed by atoms with Crippen molar-refractivity contribution in [3.8, 4) is 0 Å². The van der Waals surface area contributed by atoms with Gasteiger partial charge in [0.2, 0.25) is 0 Å². The second-order valence-corrected chi connectivity index (χ2v) is 7.45. The molecule has 1 rings (SSSR count). The minimum Gasteiger partial charge on any atom is -0.316 e. The monoisotopic (exact) mass is 343 g/mol. The molecule has 0 radical (unpaired) electrons. The summed E-state index contributed by atoms with van der Waals surface area (Å²) >= 11 is 3.37. The predicted molar refractivity (Wildman–Crippen MR) is 88.5 cm³/mol. The summed E-state index contributed by atoms with van der Waals surface area (Å²) in [5.74, 6) is 1.73. The fourth-order valence-electron chi connectivity index (χ4n) is 2.54. The van der Waals surface area contributed by atoms with Crippen molar-refractivity contribution >= 4 is 15.9 Å². The first-order valence-corrected chi connectivity index (χ1v) is 8.31. The second kappa shape index (κ2) is 8.78. The summed E-state index contributed by atoms with van der Waals surface area (Å²) < 4.78 is 14.3. The number of rotatable bonds is 8. The minimum atomic E-state index is -0.159. The molecule has 114 valence electrons. The number of nitrogens with one attached hydrogen (secondary N) is 1. The van der Waals surface area contributed by atoms with E-state index in [2.05, 4.69) is 48.9 Å². The third-order valence-corrected chi connectivity index (χ3v) is 3.69. The van der Waals surface area contributed by atoms with Crippen LogP contribution in [0.4, 0.5) is 4.39 Å². The fraction of sp³-hybridized carbons (Fsp3) is 0.647. The molecule has 0 saturated carbocycles. The highest BCUT2D eigenvalue weighted by Crippen LogP contribution is 2.21. The molecule has 3 heteroatoms. The van der Waals surface area contributed by atoms with Gasteiger partial charge in [-0.1, -0.05) is 43.6 Å². The summed E-state index contributed by atoms with van der Waals surface area (Å²) in [4.78, 5) is 0. The highest BCUT2D eigenvalue weighted by atomic mass is 79.9. The zero-order valence-electron chi connectivity index (χ0n) is 13.0. The zero-order valence-corrected chi connectivity index (χ0v) is 14.6. The molecule has 1 N–H and O–H groups in total. The first-order valence-electron chi connectivity index (χ1n) is 7.52. The van der Waals surface area contributed by atoms with Gasteiger partial charge in [-0.15, -0.1) is 0 Å². The SMILES string of the molecule is CC(C)CNCC(Cc1cc(F)cc(Br)c1)CC(C)C. The van der Waals surface area contributed by atoms with Gasteiger partial charge in [0.25, 0.3) is 0 Å². The van der Waals surface area contributed by atoms with Crippen LogP contribution in [-0.4, -0.2) is 13.1 Å². The van der Waals surface area contributed by atoms with E-state index >= 15 is 0 Å². The predicted octanol–water partition coefficient (Wildman–Crippen LogP) is 5.04. The smallest absolute Gasteiger partial charge is 0.124 e. The van der Waals surface area contributed by atoms with Crippen molar-refractivity contribution in [1.82, 2.24) is 5.32 Å². The molecule has 1 nitrogen and oxygen atoms in total. The van der Waals surface area contributed by atoms with E-state index in [1.165, 1.54) is 12.5 Å². The minimum absolute atomic E-state index is 0.159. The third kappa shape index (κ3) is 7.39. The van der Waals surface area contributed by atoms with Crippen LogP contribution in [0.3, 0.4) is 0 Å². The van der Waals surface area contributed by atoms with E-state index in [9.17, 15) is 4.39 Å². The summed E-state index contributed by atoms with van der Waals surface area (Å²) in [6, 6.07) is 5.19. The number of benzene rings is 1. The van der Waals surface area contributed by atoms with Crippen LogP contribution >= 0.6 is 15.9 Å². The summed E-state index contributed by atoms with van der Waals surface area (Å²) in [7, 11) is 0. The molecule has 0 saturated heterocycles. The van der Waals surface area contributed by atoms with Crippen molar-refractivity contribution in [3.05, 3.63) is 34.1 Å². The Morgan fingerprint density at radius 2 is 1.75 bits per heavy atom. The standard InChI is InChI=1S/C17H27BrFN/c1-12(2)5-15(11-20-10-13(3)4)6-14-7-16(18)9-17(19)8-14/h7-9,12-13,15,20H,5-6,10-11H2,1-4H3. The van der Waals surface area contributed by atoms with Crippen molar-refractivity contribution in [1.29, 1.82) is 0 Å². The summed E-state index contributed by atoms with van der Waals surface area (Å²) in [5.41, 5.74) is 1.08. The van der Waals surface area contributed by atoms with E-state index in [1.807, 2.05) is 6.07 Å². The molecule has 1 unspecified atom stereocenters. The maximum atomic E-state index is 13.5. The van der Waals surface area contributed by atoms with E-state index in [0.717, 1.165) is 29.5 Å². The topological polar surface area (TPSA) is 12.0 Å². The van der Waals surface area contributed by atoms with Crippen LogP contribution in [0.1, 0.15) is 39.7 Å². The molecular weight excluding hydrogens is 317 g/mol. The number of hydrogen-bond acceptors (Lipinski definition) is 1. The van der Waals surface area contributed by atoms with E-state index in [4.69, 9.17) is 0 Å². The maximum absolute atomic E-state index is 13.5. The van der Waals surface area contributed by atoms with Crippen molar-refractivity contribution in [2.75, 3.05) is 13.1 Å². The van der Waals surface area contributed by atoms with Gasteiger partial charge in [0.15, 0.2) is 0 Å². The second-order valence-electron chi connectivity index (χ2n) is 6.53. The van der Waals surface area contributed by atoms with Gasteiger partial charge < -0.3 is 5.32 Å². The van der Waals surface area contributed by atoms with Gasteiger partial charge in [-0.25, -0.2) is 4.39 Å². The van der Waals surface area contributed by atoms with E-state index in [0.29, 0.717) is 17.8 Å². The van der Waals surface area contributed by atoms with Crippen LogP contribution in [0.15, 0.2) is 22.7 Å². The summed E-state index contributed by atoms with van der Waals surface area (Å²) in [6.45, 7) is 11.0. The Bertz CT molecular complexity index is 384. The van der Waals surface area contributed by atoms with Gasteiger partial charge in [-0.05, 0) is 67.4 Å². The molecule has 0 amide bonds. The molecule has 1 aromatic rings.